The molecule has 0 aromatic heterocycles. The molecule has 0 unspecified atom stereocenters. The minimum Gasteiger partial charge on any atom is -0.414 e. The molecule has 0 amide bonds. The first-order valence-electron chi connectivity index (χ1n) is 12.7. The summed E-state index contributed by atoms with van der Waals surface area (Å²) < 4.78 is 6.95. The number of ketones is 1. The smallest absolute Gasteiger partial charge is 0.192 e. The van der Waals surface area contributed by atoms with E-state index in [-0.39, 0.29) is 5.04 Å². The summed E-state index contributed by atoms with van der Waals surface area (Å²) in [6, 6.07) is 0. The maximum absolute atomic E-state index is 12.1. The van der Waals surface area contributed by atoms with Crippen molar-refractivity contribution in [1.82, 2.24) is 0 Å². The monoisotopic (exact) mass is 430 g/mol. The lowest BCUT2D eigenvalue weighted by Gasteiger charge is -2.58. The molecule has 0 radical (unpaired) electrons. The first-order chi connectivity index (χ1) is 13.8. The van der Waals surface area contributed by atoms with Crippen molar-refractivity contribution >= 4 is 14.1 Å². The summed E-state index contributed by atoms with van der Waals surface area (Å²) in [5.41, 5.74) is 2.22. The molecular weight excluding hydrogens is 384 g/mol. The summed E-state index contributed by atoms with van der Waals surface area (Å²) in [5, 5.41) is 0.275. The number of rotatable bonds is 3. The SMILES string of the molecule is C[C@H](O[Si](C)(C)C(C)(C)C)[C@H]1CC[C@H]2[C@@H]3CCC4=CC(=O)CC[C@]4(C)[C@H]3CC[C@]12C. The lowest BCUT2D eigenvalue weighted by molar-refractivity contribution is -0.117. The second-order valence-corrected chi connectivity index (χ2v) is 18.0. The van der Waals surface area contributed by atoms with Crippen molar-refractivity contribution in [2.75, 3.05) is 0 Å². The fraction of sp³-hybridized carbons (Fsp3) is 0.889. The Morgan fingerprint density at radius 1 is 1.03 bits per heavy atom. The van der Waals surface area contributed by atoms with Gasteiger partial charge in [-0.05, 0) is 111 Å². The maximum Gasteiger partial charge on any atom is 0.192 e. The zero-order valence-electron chi connectivity index (χ0n) is 20.9. The van der Waals surface area contributed by atoms with Gasteiger partial charge in [-0.3, -0.25) is 4.79 Å². The van der Waals surface area contributed by atoms with Crippen LogP contribution in [0.2, 0.25) is 18.1 Å². The third-order valence-corrected chi connectivity index (χ3v) is 15.5. The summed E-state index contributed by atoms with van der Waals surface area (Å²) in [5.74, 6) is 3.57. The zero-order chi connectivity index (χ0) is 22.1. The van der Waals surface area contributed by atoms with Gasteiger partial charge < -0.3 is 4.43 Å². The quantitative estimate of drug-likeness (QED) is 0.432. The third kappa shape index (κ3) is 3.41. The van der Waals surface area contributed by atoms with Crippen molar-refractivity contribution < 1.29 is 9.22 Å². The molecule has 170 valence electrons. The second kappa shape index (κ2) is 7.30. The van der Waals surface area contributed by atoms with Crippen molar-refractivity contribution in [3.05, 3.63) is 11.6 Å². The van der Waals surface area contributed by atoms with Gasteiger partial charge in [0, 0.05) is 12.5 Å². The highest BCUT2D eigenvalue weighted by Gasteiger charge is 2.60. The molecule has 7 atom stereocenters. The van der Waals surface area contributed by atoms with Crippen LogP contribution in [0.1, 0.15) is 92.9 Å². The Balaban J connectivity index is 1.55. The molecular formula is C27H46O2Si. The van der Waals surface area contributed by atoms with E-state index in [9.17, 15) is 4.79 Å². The molecule has 0 aromatic carbocycles. The van der Waals surface area contributed by atoms with E-state index in [4.69, 9.17) is 4.43 Å². The number of hydrogen-bond donors (Lipinski definition) is 0. The minimum absolute atomic E-state index is 0.275. The van der Waals surface area contributed by atoms with Gasteiger partial charge in [-0.25, -0.2) is 0 Å². The summed E-state index contributed by atoms with van der Waals surface area (Å²) in [7, 11) is -1.74. The highest BCUT2D eigenvalue weighted by Crippen LogP contribution is 2.67. The molecule has 0 aromatic rings. The van der Waals surface area contributed by atoms with Crippen molar-refractivity contribution in [2.45, 2.75) is 117 Å². The Kier molecular flexibility index (Phi) is 5.54. The van der Waals surface area contributed by atoms with Crippen LogP contribution >= 0.6 is 0 Å². The average molecular weight is 431 g/mol. The molecule has 4 rings (SSSR count). The highest BCUT2D eigenvalue weighted by atomic mass is 28.4. The lowest BCUT2D eigenvalue weighted by Crippen LogP contribution is -2.52. The summed E-state index contributed by atoms with van der Waals surface area (Å²) in [4.78, 5) is 12.1. The molecule has 3 heteroatoms. The number of hydrogen-bond acceptors (Lipinski definition) is 2. The van der Waals surface area contributed by atoms with E-state index in [1.165, 1.54) is 37.7 Å². The molecule has 0 spiro atoms. The van der Waals surface area contributed by atoms with Crippen LogP contribution in [-0.4, -0.2) is 20.2 Å². The largest absolute Gasteiger partial charge is 0.414 e. The first-order valence-corrected chi connectivity index (χ1v) is 15.6. The molecule has 4 aliphatic rings. The molecule has 30 heavy (non-hydrogen) atoms. The first kappa shape index (κ1) is 22.8. The van der Waals surface area contributed by atoms with Gasteiger partial charge in [0.15, 0.2) is 14.1 Å². The Labute approximate surface area is 186 Å². The molecule has 3 fully saturated rings. The van der Waals surface area contributed by atoms with Crippen LogP contribution in [0, 0.1) is 34.5 Å². The van der Waals surface area contributed by atoms with Gasteiger partial charge in [-0.15, -0.1) is 0 Å². The molecule has 0 heterocycles. The van der Waals surface area contributed by atoms with Crippen molar-refractivity contribution in [3.8, 4) is 0 Å². The van der Waals surface area contributed by atoms with E-state index in [0.29, 0.717) is 28.6 Å². The molecule has 0 N–H and O–H groups in total. The van der Waals surface area contributed by atoms with Crippen LogP contribution in [0.25, 0.3) is 0 Å². The molecule has 2 nitrogen and oxygen atoms in total. The second-order valence-electron chi connectivity index (χ2n) is 13.3. The Morgan fingerprint density at radius 2 is 1.73 bits per heavy atom. The van der Waals surface area contributed by atoms with Gasteiger partial charge in [0.2, 0.25) is 0 Å². The van der Waals surface area contributed by atoms with Gasteiger partial charge >= 0.3 is 0 Å². The van der Waals surface area contributed by atoms with Crippen LogP contribution in [0.4, 0.5) is 0 Å². The van der Waals surface area contributed by atoms with E-state index >= 15 is 0 Å². The maximum atomic E-state index is 12.1. The van der Waals surface area contributed by atoms with Crippen molar-refractivity contribution in [2.24, 2.45) is 34.5 Å². The van der Waals surface area contributed by atoms with Gasteiger partial charge in [-0.2, -0.15) is 0 Å². The van der Waals surface area contributed by atoms with E-state index in [1.54, 1.807) is 0 Å². The van der Waals surface area contributed by atoms with Gasteiger partial charge in [0.05, 0.1) is 0 Å². The fourth-order valence-corrected chi connectivity index (χ4v) is 9.54. The van der Waals surface area contributed by atoms with Gasteiger partial charge in [0.1, 0.15) is 0 Å². The molecule has 3 saturated carbocycles. The van der Waals surface area contributed by atoms with E-state index in [0.717, 1.165) is 37.0 Å². The minimum atomic E-state index is -1.74. The summed E-state index contributed by atoms with van der Waals surface area (Å²) in [6.45, 7) is 19.4. The predicted molar refractivity (Wildman–Crippen MR) is 128 cm³/mol. The van der Waals surface area contributed by atoms with Crippen LogP contribution in [0.5, 0.6) is 0 Å². The predicted octanol–water partition coefficient (Wildman–Crippen LogP) is 7.54. The molecule has 4 aliphatic carbocycles. The fourth-order valence-electron chi connectivity index (χ4n) is 8.09. The topological polar surface area (TPSA) is 26.3 Å². The average Bonchev–Trinajstić information content (AvgIpc) is 2.98. The number of carbonyl (C=O) groups is 1. The van der Waals surface area contributed by atoms with Gasteiger partial charge in [0.25, 0.3) is 0 Å². The zero-order valence-corrected chi connectivity index (χ0v) is 21.9. The van der Waals surface area contributed by atoms with E-state index in [2.05, 4.69) is 54.6 Å². The lowest BCUT2D eigenvalue weighted by atomic mass is 9.46. The molecule has 0 aliphatic heterocycles. The van der Waals surface area contributed by atoms with Crippen molar-refractivity contribution in [1.29, 1.82) is 0 Å². The van der Waals surface area contributed by atoms with Crippen LogP contribution in [0.3, 0.4) is 0 Å². The van der Waals surface area contributed by atoms with Crippen LogP contribution in [-0.2, 0) is 9.22 Å². The van der Waals surface area contributed by atoms with E-state index < -0.39 is 8.32 Å². The Bertz CT molecular complexity index is 732. The Hall–Kier alpha value is -0.413. The van der Waals surface area contributed by atoms with Gasteiger partial charge in [-0.1, -0.05) is 40.2 Å². The molecule has 0 saturated heterocycles. The standard InChI is InChI=1S/C27H46O2Si/c1-18(29-30(7,8)25(2,3)4)22-11-12-23-21-10-9-19-17-20(28)13-15-26(19,5)24(21)14-16-27(22,23)6/h17-18,21-24H,9-16H2,1-8H3/t18-,21-,22+,23-,24-,26-,27+/m0/s1. The number of allylic oxidation sites excluding steroid dienone is 1. The number of fused-ring (bicyclic) bond motifs is 5. The number of carbonyl (C=O) groups excluding carboxylic acids is 1. The van der Waals surface area contributed by atoms with E-state index in [1.807, 2.05) is 6.08 Å². The molecule has 0 bridgehead atoms. The Morgan fingerprint density at radius 3 is 2.40 bits per heavy atom. The van der Waals surface area contributed by atoms with Crippen LogP contribution in [0.15, 0.2) is 11.6 Å². The summed E-state index contributed by atoms with van der Waals surface area (Å²) in [6.07, 6.45) is 12.2. The highest BCUT2D eigenvalue weighted by molar-refractivity contribution is 6.74. The normalized spacial score (nSPS) is 42.8. The third-order valence-electron chi connectivity index (χ3n) is 10.9. The van der Waals surface area contributed by atoms with Crippen LogP contribution < -0.4 is 0 Å². The van der Waals surface area contributed by atoms with Crippen molar-refractivity contribution in [3.63, 3.8) is 0 Å². The summed E-state index contributed by atoms with van der Waals surface area (Å²) >= 11 is 0.